The number of rotatable bonds is 5. The van der Waals surface area contributed by atoms with Crippen LogP contribution >= 0.6 is 0 Å². The summed E-state index contributed by atoms with van der Waals surface area (Å²) < 4.78 is 2.42. The molecule has 50 heavy (non-hydrogen) atoms. The number of nitrogens with zero attached hydrogens (tertiary/aromatic N) is 4. The van der Waals surface area contributed by atoms with E-state index in [0.29, 0.717) is 0 Å². The maximum atomic E-state index is 5.15. The van der Waals surface area contributed by atoms with Gasteiger partial charge in [0.05, 0.1) is 17.1 Å². The van der Waals surface area contributed by atoms with E-state index >= 15 is 0 Å². The maximum absolute atomic E-state index is 5.15. The third-order valence-electron chi connectivity index (χ3n) is 10.2. The van der Waals surface area contributed by atoms with Gasteiger partial charge in [-0.05, 0) is 47.5 Å². The van der Waals surface area contributed by atoms with E-state index in [0.717, 1.165) is 34.0 Å². The first-order valence-corrected chi connectivity index (χ1v) is 17.2. The van der Waals surface area contributed by atoms with Crippen LogP contribution in [0, 0.1) is 0 Å². The van der Waals surface area contributed by atoms with E-state index in [9.17, 15) is 0 Å². The minimum Gasteiger partial charge on any atom is -0.333 e. The number of amidine groups is 2. The second kappa shape index (κ2) is 11.6. The highest BCUT2D eigenvalue weighted by Gasteiger charge is 2.38. The predicted octanol–water partition coefficient (Wildman–Crippen LogP) is 10.0. The van der Waals surface area contributed by atoms with Crippen LogP contribution < -0.4 is 10.2 Å². The molecule has 0 fully saturated rings. The number of fused-ring (bicyclic) bond motifs is 6. The molecule has 6 aromatic carbocycles. The summed E-state index contributed by atoms with van der Waals surface area (Å²) in [6.45, 7) is 0. The number of hydrogen-bond acceptors (Lipinski definition) is 4. The van der Waals surface area contributed by atoms with E-state index in [1.807, 2.05) is 36.4 Å². The zero-order valence-electron chi connectivity index (χ0n) is 27.3. The molecule has 7 aromatic rings. The quantitative estimate of drug-likeness (QED) is 0.203. The number of para-hydroxylation sites is 3. The standard InChI is InChI=1S/C45H33N5/c1-3-14-30(15-4-1)43-46-44(31-16-5-2-6-17-31)48-45(47-43)32-18-13-19-33(28-32)49-41-25-12-9-22-37(41)38-29-34(26-27-42(38)49)50-39-23-10-7-20-35(39)36-21-8-11-24-40(36)50/h1-29,38,42-43H,(H,46,47,48). The summed E-state index contributed by atoms with van der Waals surface area (Å²) in [5, 5.41) is 6.14. The second-order valence-electron chi connectivity index (χ2n) is 13.0. The molecule has 0 amide bonds. The van der Waals surface area contributed by atoms with Crippen molar-refractivity contribution in [2.75, 3.05) is 4.90 Å². The molecule has 3 aliphatic rings. The lowest BCUT2D eigenvalue weighted by atomic mass is 9.90. The summed E-state index contributed by atoms with van der Waals surface area (Å²) in [7, 11) is 0. The van der Waals surface area contributed by atoms with E-state index in [1.54, 1.807) is 0 Å². The highest BCUT2D eigenvalue weighted by atomic mass is 15.2. The average molecular weight is 644 g/mol. The number of benzene rings is 6. The van der Waals surface area contributed by atoms with Gasteiger partial charge >= 0.3 is 0 Å². The number of nitrogens with one attached hydrogen (secondary N) is 1. The second-order valence-corrected chi connectivity index (χ2v) is 13.0. The first-order valence-electron chi connectivity index (χ1n) is 17.2. The fourth-order valence-corrected chi connectivity index (χ4v) is 7.90. The normalized spacial score (nSPS) is 19.4. The molecule has 0 spiro atoms. The van der Waals surface area contributed by atoms with Gasteiger partial charge in [-0.25, -0.2) is 9.98 Å². The van der Waals surface area contributed by atoms with E-state index < -0.39 is 0 Å². The SMILES string of the molecule is C1=CC2C(C=C1n1c3ccccc3c3ccccc31)c1ccccc1N2c1cccc(C2=NC(c3ccccc3)N=C(c3ccccc3)N2)c1. The van der Waals surface area contributed by atoms with Gasteiger partial charge in [-0.3, -0.25) is 0 Å². The molecular formula is C45H33N5. The van der Waals surface area contributed by atoms with Gasteiger partial charge in [-0.2, -0.15) is 0 Å². The van der Waals surface area contributed by atoms with Gasteiger partial charge in [0.25, 0.3) is 0 Å². The smallest absolute Gasteiger partial charge is 0.169 e. The van der Waals surface area contributed by atoms with Gasteiger partial charge in [0.15, 0.2) is 6.17 Å². The zero-order chi connectivity index (χ0) is 33.0. The van der Waals surface area contributed by atoms with Crippen LogP contribution in [0.4, 0.5) is 11.4 Å². The van der Waals surface area contributed by atoms with Gasteiger partial charge in [-0.1, -0.05) is 140 Å². The summed E-state index contributed by atoms with van der Waals surface area (Å²) in [4.78, 5) is 12.7. The molecule has 5 nitrogen and oxygen atoms in total. The Balaban J connectivity index is 1.05. The highest BCUT2D eigenvalue weighted by Crippen LogP contribution is 2.49. The Hall–Kier alpha value is -6.46. The van der Waals surface area contributed by atoms with Crippen molar-refractivity contribution >= 4 is 50.5 Å². The van der Waals surface area contributed by atoms with Crippen molar-refractivity contribution in [3.8, 4) is 0 Å². The molecule has 10 rings (SSSR count). The van der Waals surface area contributed by atoms with E-state index in [4.69, 9.17) is 9.98 Å². The van der Waals surface area contributed by atoms with Crippen molar-refractivity contribution in [1.82, 2.24) is 9.88 Å². The minimum absolute atomic E-state index is 0.138. The first-order chi connectivity index (χ1) is 24.8. The van der Waals surface area contributed by atoms with Gasteiger partial charge < -0.3 is 14.8 Å². The van der Waals surface area contributed by atoms with Crippen LogP contribution in [0.15, 0.2) is 186 Å². The molecule has 0 radical (unpaired) electrons. The van der Waals surface area contributed by atoms with Gasteiger partial charge in [0, 0.05) is 44.9 Å². The van der Waals surface area contributed by atoms with Crippen molar-refractivity contribution in [2.45, 2.75) is 18.1 Å². The summed E-state index contributed by atoms with van der Waals surface area (Å²) in [6, 6.07) is 55.8. The number of aromatic nitrogens is 1. The summed E-state index contributed by atoms with van der Waals surface area (Å²) in [5.41, 5.74) is 10.5. The van der Waals surface area contributed by atoms with Gasteiger partial charge in [0.2, 0.25) is 0 Å². The molecule has 238 valence electrons. The summed E-state index contributed by atoms with van der Waals surface area (Å²) in [5.74, 6) is 1.82. The Bertz CT molecular complexity index is 2490. The van der Waals surface area contributed by atoms with Crippen LogP contribution in [-0.4, -0.2) is 22.3 Å². The third kappa shape index (κ3) is 4.62. The van der Waals surface area contributed by atoms with Crippen molar-refractivity contribution in [3.05, 3.63) is 198 Å². The molecule has 0 saturated heterocycles. The molecule has 0 bridgehead atoms. The van der Waals surface area contributed by atoms with Gasteiger partial charge in [0.1, 0.15) is 11.7 Å². The van der Waals surface area contributed by atoms with Crippen LogP contribution in [0.5, 0.6) is 0 Å². The molecule has 1 aromatic heterocycles. The first kappa shape index (κ1) is 28.5. The monoisotopic (exact) mass is 643 g/mol. The maximum Gasteiger partial charge on any atom is 0.169 e. The molecular weight excluding hydrogens is 611 g/mol. The number of anilines is 2. The highest BCUT2D eigenvalue weighted by molar-refractivity contribution is 6.16. The zero-order valence-corrected chi connectivity index (χ0v) is 27.3. The lowest BCUT2D eigenvalue weighted by molar-refractivity contribution is 0.743. The Labute approximate surface area is 290 Å². The molecule has 0 saturated carbocycles. The largest absolute Gasteiger partial charge is 0.333 e. The molecule has 2 aliphatic heterocycles. The topological polar surface area (TPSA) is 44.9 Å². The molecule has 1 aliphatic carbocycles. The van der Waals surface area contributed by atoms with Crippen LogP contribution in [0.3, 0.4) is 0 Å². The fourth-order valence-electron chi connectivity index (χ4n) is 7.90. The van der Waals surface area contributed by atoms with Crippen molar-refractivity contribution < 1.29 is 0 Å². The molecule has 3 heterocycles. The molecule has 5 heteroatoms. The van der Waals surface area contributed by atoms with E-state index in [2.05, 4.69) is 154 Å². The predicted molar refractivity (Wildman–Crippen MR) is 206 cm³/mol. The van der Waals surface area contributed by atoms with Crippen molar-refractivity contribution in [1.29, 1.82) is 0 Å². The van der Waals surface area contributed by atoms with E-state index in [1.165, 1.54) is 38.8 Å². The Kier molecular flexibility index (Phi) is 6.62. The Morgan fingerprint density at radius 1 is 0.560 bits per heavy atom. The van der Waals surface area contributed by atoms with Crippen molar-refractivity contribution in [3.63, 3.8) is 0 Å². The Morgan fingerprint density at radius 3 is 1.94 bits per heavy atom. The van der Waals surface area contributed by atoms with E-state index in [-0.39, 0.29) is 18.1 Å². The molecule has 1 N–H and O–H groups in total. The number of allylic oxidation sites excluding steroid dienone is 2. The minimum atomic E-state index is -0.339. The average Bonchev–Trinajstić information content (AvgIpc) is 3.71. The summed E-state index contributed by atoms with van der Waals surface area (Å²) >= 11 is 0. The fraction of sp³-hybridized carbons (Fsp3) is 0.0667. The number of aliphatic imine (C=N–C) groups is 2. The van der Waals surface area contributed by atoms with Crippen LogP contribution in [0.25, 0.3) is 27.5 Å². The van der Waals surface area contributed by atoms with Crippen LogP contribution in [0.2, 0.25) is 0 Å². The van der Waals surface area contributed by atoms with Crippen LogP contribution in [-0.2, 0) is 0 Å². The lowest BCUT2D eigenvalue weighted by Gasteiger charge is -2.30. The van der Waals surface area contributed by atoms with Gasteiger partial charge in [-0.15, -0.1) is 0 Å². The number of hydrogen-bond donors (Lipinski definition) is 1. The summed E-state index contributed by atoms with van der Waals surface area (Å²) in [6.07, 6.45) is 6.82. The lowest BCUT2D eigenvalue weighted by Crippen LogP contribution is -2.36. The third-order valence-corrected chi connectivity index (χ3v) is 10.2. The Morgan fingerprint density at radius 2 is 1.18 bits per heavy atom. The molecule has 3 unspecified atom stereocenters. The van der Waals surface area contributed by atoms with Crippen LogP contribution in [0.1, 0.15) is 34.3 Å². The molecule has 3 atom stereocenters. The van der Waals surface area contributed by atoms with Crippen molar-refractivity contribution in [2.24, 2.45) is 9.98 Å².